The number of nitrogens with zero attached hydrogens (tertiary/aromatic N) is 1. The molecule has 2 aliphatic rings. The van der Waals surface area contributed by atoms with Crippen molar-refractivity contribution >= 4 is 45.8 Å². The van der Waals surface area contributed by atoms with Crippen molar-refractivity contribution in [3.63, 3.8) is 0 Å². The molecule has 1 aromatic heterocycles. The number of hydrogen-bond donors (Lipinski definition) is 1. The summed E-state index contributed by atoms with van der Waals surface area (Å²) >= 11 is 6.41. The Bertz CT molecular complexity index is 1450. The van der Waals surface area contributed by atoms with Gasteiger partial charge in [0.1, 0.15) is 11.1 Å². The lowest BCUT2D eigenvalue weighted by Gasteiger charge is -2.33. The van der Waals surface area contributed by atoms with Crippen molar-refractivity contribution in [2.24, 2.45) is 5.92 Å². The van der Waals surface area contributed by atoms with Gasteiger partial charge in [0.2, 0.25) is 5.91 Å². The molecular weight excluding hydrogens is 444 g/mol. The average Bonchev–Trinajstić information content (AvgIpc) is 2.82. The second-order valence-corrected chi connectivity index (χ2v) is 9.06. The molecule has 1 N–H and O–H groups in total. The van der Waals surface area contributed by atoms with E-state index in [0.29, 0.717) is 10.7 Å². The smallest absolute Gasteiger partial charge is 0.236 e. The maximum Gasteiger partial charge on any atom is 0.236 e. The molecule has 0 saturated heterocycles. The number of pyridine rings is 1. The zero-order valence-electron chi connectivity index (χ0n) is 18.9. The Balaban J connectivity index is 1.55. The number of carbonyl (C=O) groups excluding carboxylic acids is 2. The van der Waals surface area contributed by atoms with Gasteiger partial charge in [-0.05, 0) is 60.4 Å². The van der Waals surface area contributed by atoms with E-state index >= 15 is 0 Å². The van der Waals surface area contributed by atoms with Crippen molar-refractivity contribution in [3.8, 4) is 0 Å². The summed E-state index contributed by atoms with van der Waals surface area (Å²) in [5.74, 6) is -1.56. The quantitative estimate of drug-likeness (QED) is 0.297. The number of carbonyl (C=O) groups is 2. The monoisotopic (exact) mass is 466 g/mol. The van der Waals surface area contributed by atoms with E-state index in [1.54, 1.807) is 6.08 Å². The first-order valence-electron chi connectivity index (χ1n) is 11.2. The van der Waals surface area contributed by atoms with Crippen LogP contribution in [0, 0.1) is 12.8 Å². The van der Waals surface area contributed by atoms with Crippen LogP contribution in [-0.2, 0) is 9.59 Å². The van der Waals surface area contributed by atoms with Crippen molar-refractivity contribution < 1.29 is 9.59 Å². The van der Waals surface area contributed by atoms with E-state index in [0.717, 1.165) is 38.7 Å². The van der Waals surface area contributed by atoms with Crippen molar-refractivity contribution in [3.05, 3.63) is 112 Å². The van der Waals surface area contributed by atoms with Gasteiger partial charge in [-0.1, -0.05) is 77.9 Å². The number of aromatic nitrogens is 1. The number of fused-ring (bicyclic) bond motifs is 2. The summed E-state index contributed by atoms with van der Waals surface area (Å²) in [5.41, 5.74) is 6.15. The molecule has 168 valence electrons. The zero-order valence-corrected chi connectivity index (χ0v) is 19.6. The van der Waals surface area contributed by atoms with Crippen LogP contribution in [0.15, 0.2) is 90.0 Å². The van der Waals surface area contributed by atoms with Crippen molar-refractivity contribution in [2.45, 2.75) is 19.9 Å². The molecule has 3 aromatic rings. The number of allylic oxidation sites excluding steroid dienone is 3. The van der Waals surface area contributed by atoms with E-state index in [9.17, 15) is 9.59 Å². The Kier molecular flexibility index (Phi) is 5.76. The van der Waals surface area contributed by atoms with Crippen LogP contribution in [0.5, 0.6) is 0 Å². The molecule has 1 aliphatic carbocycles. The number of ketones is 1. The largest absolute Gasteiger partial charge is 0.345 e. The third-order valence-corrected chi connectivity index (χ3v) is 6.48. The molecule has 0 spiro atoms. The van der Waals surface area contributed by atoms with Crippen LogP contribution in [-0.4, -0.2) is 22.7 Å². The van der Waals surface area contributed by atoms with Crippen LogP contribution < -0.4 is 5.32 Å². The molecule has 1 aliphatic heterocycles. The van der Waals surface area contributed by atoms with Gasteiger partial charge in [-0.3, -0.25) is 9.59 Å². The lowest BCUT2D eigenvalue weighted by molar-refractivity contribution is -0.129. The van der Waals surface area contributed by atoms with Gasteiger partial charge in [0, 0.05) is 10.9 Å². The van der Waals surface area contributed by atoms with Crippen molar-refractivity contribution in [1.82, 2.24) is 10.3 Å². The Hall–Kier alpha value is -3.76. The summed E-state index contributed by atoms with van der Waals surface area (Å²) in [6, 6.07) is 17.2. The van der Waals surface area contributed by atoms with Crippen molar-refractivity contribution in [2.75, 3.05) is 0 Å². The fourth-order valence-corrected chi connectivity index (χ4v) is 4.73. The van der Waals surface area contributed by atoms with Gasteiger partial charge >= 0.3 is 0 Å². The van der Waals surface area contributed by atoms with Crippen molar-refractivity contribution in [1.29, 1.82) is 0 Å². The number of halogens is 1. The third-order valence-electron chi connectivity index (χ3n) is 6.18. The van der Waals surface area contributed by atoms with Crippen LogP contribution in [0.2, 0.25) is 5.15 Å². The molecule has 34 heavy (non-hydrogen) atoms. The van der Waals surface area contributed by atoms with Gasteiger partial charge in [-0.25, -0.2) is 4.98 Å². The van der Waals surface area contributed by atoms with E-state index in [1.165, 1.54) is 6.08 Å². The van der Waals surface area contributed by atoms with E-state index in [1.807, 2.05) is 86.7 Å². The molecule has 2 aromatic carbocycles. The second kappa shape index (κ2) is 8.88. The number of benzene rings is 2. The highest BCUT2D eigenvalue weighted by Gasteiger charge is 2.38. The summed E-state index contributed by atoms with van der Waals surface area (Å²) in [6.45, 7) is 4.00. The minimum atomic E-state index is -0.949. The van der Waals surface area contributed by atoms with E-state index < -0.39 is 5.92 Å². The van der Waals surface area contributed by atoms with Gasteiger partial charge < -0.3 is 5.32 Å². The Morgan fingerprint density at radius 3 is 2.68 bits per heavy atom. The van der Waals surface area contributed by atoms with E-state index in [-0.39, 0.29) is 17.7 Å². The molecule has 0 radical (unpaired) electrons. The SMILES string of the molecule is CC1=CC2=C(c3ccccc3)[C@H](C(=O)/C=C/c3cc4ccc(C)cc4nc3Cl)C(=O)N[C@H]2C=C1. The Morgan fingerprint density at radius 1 is 1.09 bits per heavy atom. The highest BCUT2D eigenvalue weighted by Crippen LogP contribution is 2.36. The first-order chi connectivity index (χ1) is 16.4. The van der Waals surface area contributed by atoms with Gasteiger partial charge in [-0.2, -0.15) is 0 Å². The fourth-order valence-electron chi connectivity index (χ4n) is 4.52. The van der Waals surface area contributed by atoms with Crippen LogP contribution >= 0.6 is 11.6 Å². The fraction of sp³-hybridized carbons (Fsp3) is 0.138. The second-order valence-electron chi connectivity index (χ2n) is 8.70. The number of aryl methyl sites for hydroxylation is 1. The van der Waals surface area contributed by atoms with Gasteiger partial charge in [0.15, 0.2) is 5.78 Å². The minimum absolute atomic E-state index is 0.248. The lowest BCUT2D eigenvalue weighted by Crippen LogP contribution is -2.47. The average molecular weight is 467 g/mol. The number of amides is 1. The van der Waals surface area contributed by atoms with Gasteiger partial charge in [-0.15, -0.1) is 0 Å². The normalized spacial score (nSPS) is 19.9. The predicted octanol–water partition coefficient (Wildman–Crippen LogP) is 5.86. The van der Waals surface area contributed by atoms with Gasteiger partial charge in [0.05, 0.1) is 11.6 Å². The maximum atomic E-state index is 13.5. The topological polar surface area (TPSA) is 59.1 Å². The Morgan fingerprint density at radius 2 is 1.88 bits per heavy atom. The molecule has 2 heterocycles. The molecule has 4 nitrogen and oxygen atoms in total. The highest BCUT2D eigenvalue weighted by atomic mass is 35.5. The number of hydrogen-bond acceptors (Lipinski definition) is 3. The summed E-state index contributed by atoms with van der Waals surface area (Å²) in [5, 5.41) is 4.23. The molecule has 5 rings (SSSR count). The molecule has 5 heteroatoms. The molecule has 1 amide bonds. The lowest BCUT2D eigenvalue weighted by atomic mass is 9.77. The molecule has 0 fully saturated rings. The summed E-state index contributed by atoms with van der Waals surface area (Å²) in [6.07, 6.45) is 9.07. The van der Waals surface area contributed by atoms with Crippen LogP contribution in [0.4, 0.5) is 0 Å². The number of rotatable bonds is 4. The van der Waals surface area contributed by atoms with Gasteiger partial charge in [0.25, 0.3) is 0 Å². The highest BCUT2D eigenvalue weighted by molar-refractivity contribution is 6.31. The summed E-state index contributed by atoms with van der Waals surface area (Å²) in [4.78, 5) is 31.1. The molecule has 0 unspecified atom stereocenters. The molecule has 0 bridgehead atoms. The molecule has 0 saturated carbocycles. The van der Waals surface area contributed by atoms with E-state index in [4.69, 9.17) is 11.6 Å². The van der Waals surface area contributed by atoms with E-state index in [2.05, 4.69) is 10.3 Å². The summed E-state index contributed by atoms with van der Waals surface area (Å²) in [7, 11) is 0. The van der Waals surface area contributed by atoms with Crippen LogP contribution in [0.25, 0.3) is 22.6 Å². The first-order valence-corrected chi connectivity index (χ1v) is 11.5. The molecule has 2 atom stereocenters. The summed E-state index contributed by atoms with van der Waals surface area (Å²) < 4.78 is 0. The Labute approximate surface area is 203 Å². The third kappa shape index (κ3) is 4.13. The molecular formula is C29H23ClN2O2. The standard InChI is InChI=1S/C29H23ClN2O2/c1-17-9-12-23-22(14-17)26(19-6-4-3-5-7-19)27(29(34)32-23)25(33)13-11-21-16-20-10-8-18(2)15-24(20)31-28(21)30/h3-16,23,27H,1-2H3,(H,32,34)/b13-11+/t23-,27-/m0/s1. The zero-order chi connectivity index (χ0) is 23.8. The maximum absolute atomic E-state index is 13.5. The number of nitrogens with one attached hydrogen (secondary N) is 1. The minimum Gasteiger partial charge on any atom is -0.345 e. The first kappa shape index (κ1) is 22.1. The van der Waals surface area contributed by atoms with Crippen LogP contribution in [0.3, 0.4) is 0 Å². The van der Waals surface area contributed by atoms with Crippen LogP contribution in [0.1, 0.15) is 23.6 Å². The predicted molar refractivity (Wildman–Crippen MR) is 137 cm³/mol.